The maximum absolute atomic E-state index is 10.6. The molecule has 0 aliphatic rings. The molecule has 1 aromatic rings. The minimum Gasteiger partial charge on any atom is -0.478 e. The highest BCUT2D eigenvalue weighted by Crippen LogP contribution is 2.08. The summed E-state index contributed by atoms with van der Waals surface area (Å²) in [5.74, 6) is -0.878. The summed E-state index contributed by atoms with van der Waals surface area (Å²) in [6.45, 7) is 3.50. The van der Waals surface area contributed by atoms with Gasteiger partial charge in [-0.2, -0.15) is 0 Å². The molecule has 15 heavy (non-hydrogen) atoms. The lowest BCUT2D eigenvalue weighted by Crippen LogP contribution is -2.13. The van der Waals surface area contributed by atoms with E-state index in [0.29, 0.717) is 5.57 Å². The number of hydrogen-bond acceptors (Lipinski definition) is 2. The summed E-state index contributed by atoms with van der Waals surface area (Å²) in [6, 6.07) is 9.70. The van der Waals surface area contributed by atoms with Gasteiger partial charge < -0.3 is 10.4 Å². The fraction of sp³-hybridized carbons (Fsp3) is 0.250. The SMILES string of the molecule is CC(=CC(C)Nc1ccccc1)C(=O)O. The molecule has 1 unspecified atom stereocenters. The first kappa shape index (κ1) is 11.3. The average molecular weight is 205 g/mol. The number of carboxylic acids is 1. The van der Waals surface area contributed by atoms with Crippen LogP contribution in [0, 0.1) is 0 Å². The van der Waals surface area contributed by atoms with Gasteiger partial charge in [0, 0.05) is 17.3 Å². The Morgan fingerprint density at radius 1 is 1.40 bits per heavy atom. The molecule has 0 fully saturated rings. The van der Waals surface area contributed by atoms with Crippen LogP contribution in [0.5, 0.6) is 0 Å². The number of hydrogen-bond donors (Lipinski definition) is 2. The molecule has 0 saturated heterocycles. The van der Waals surface area contributed by atoms with Gasteiger partial charge in [0.05, 0.1) is 0 Å². The maximum atomic E-state index is 10.6. The van der Waals surface area contributed by atoms with Crippen molar-refractivity contribution in [2.75, 3.05) is 5.32 Å². The molecule has 0 spiro atoms. The van der Waals surface area contributed by atoms with Crippen LogP contribution in [0.15, 0.2) is 42.0 Å². The van der Waals surface area contributed by atoms with E-state index in [-0.39, 0.29) is 6.04 Å². The lowest BCUT2D eigenvalue weighted by atomic mass is 10.2. The molecule has 3 heteroatoms. The Morgan fingerprint density at radius 2 is 2.00 bits per heavy atom. The Hall–Kier alpha value is -1.77. The van der Waals surface area contributed by atoms with E-state index in [2.05, 4.69) is 5.32 Å². The molecule has 80 valence electrons. The van der Waals surface area contributed by atoms with Crippen molar-refractivity contribution in [1.29, 1.82) is 0 Å². The standard InChI is InChI=1S/C12H15NO2/c1-9(12(14)15)8-10(2)13-11-6-4-3-5-7-11/h3-8,10,13H,1-2H3,(H,14,15). The van der Waals surface area contributed by atoms with E-state index < -0.39 is 5.97 Å². The molecule has 1 rings (SSSR count). The highest BCUT2D eigenvalue weighted by atomic mass is 16.4. The summed E-state index contributed by atoms with van der Waals surface area (Å²) in [4.78, 5) is 10.6. The van der Waals surface area contributed by atoms with Crippen LogP contribution in [0.25, 0.3) is 0 Å². The lowest BCUT2D eigenvalue weighted by Gasteiger charge is -2.11. The van der Waals surface area contributed by atoms with E-state index in [1.165, 1.54) is 0 Å². The number of aliphatic carboxylic acids is 1. The Kier molecular flexibility index (Phi) is 3.92. The molecular weight excluding hydrogens is 190 g/mol. The maximum Gasteiger partial charge on any atom is 0.331 e. The first-order valence-corrected chi connectivity index (χ1v) is 4.83. The molecule has 0 radical (unpaired) electrons. The molecule has 0 amide bonds. The summed E-state index contributed by atoms with van der Waals surface area (Å²) in [7, 11) is 0. The molecule has 3 nitrogen and oxygen atoms in total. The molecule has 0 saturated carbocycles. The lowest BCUT2D eigenvalue weighted by molar-refractivity contribution is -0.132. The predicted molar refractivity (Wildman–Crippen MR) is 60.9 cm³/mol. The van der Waals surface area contributed by atoms with E-state index in [1.54, 1.807) is 13.0 Å². The molecule has 0 aromatic heterocycles. The monoisotopic (exact) mass is 205 g/mol. The van der Waals surface area contributed by atoms with Crippen LogP contribution in [0.1, 0.15) is 13.8 Å². The number of rotatable bonds is 4. The van der Waals surface area contributed by atoms with Crippen LogP contribution >= 0.6 is 0 Å². The van der Waals surface area contributed by atoms with Gasteiger partial charge in [-0.25, -0.2) is 4.79 Å². The molecule has 0 heterocycles. The Balaban J connectivity index is 2.61. The zero-order valence-corrected chi connectivity index (χ0v) is 8.90. The van der Waals surface area contributed by atoms with Crippen LogP contribution in [0.2, 0.25) is 0 Å². The number of nitrogens with one attached hydrogen (secondary N) is 1. The highest BCUT2D eigenvalue weighted by molar-refractivity contribution is 5.85. The zero-order valence-electron chi connectivity index (χ0n) is 8.90. The van der Waals surface area contributed by atoms with Gasteiger partial charge in [-0.15, -0.1) is 0 Å². The van der Waals surface area contributed by atoms with Gasteiger partial charge in [0.15, 0.2) is 0 Å². The minimum atomic E-state index is -0.878. The van der Waals surface area contributed by atoms with Gasteiger partial charge in [-0.1, -0.05) is 24.3 Å². The average Bonchev–Trinajstić information content (AvgIpc) is 2.18. The summed E-state index contributed by atoms with van der Waals surface area (Å²) in [5.41, 5.74) is 1.34. The molecule has 0 bridgehead atoms. The fourth-order valence-corrected chi connectivity index (χ4v) is 1.29. The number of para-hydroxylation sites is 1. The molecule has 1 atom stereocenters. The molecule has 0 aliphatic carbocycles. The Morgan fingerprint density at radius 3 is 2.53 bits per heavy atom. The predicted octanol–water partition coefficient (Wildman–Crippen LogP) is 2.52. The topological polar surface area (TPSA) is 49.3 Å². The smallest absolute Gasteiger partial charge is 0.331 e. The second-order valence-electron chi connectivity index (χ2n) is 3.45. The van der Waals surface area contributed by atoms with Crippen molar-refractivity contribution in [3.8, 4) is 0 Å². The second-order valence-corrected chi connectivity index (χ2v) is 3.45. The molecule has 0 aliphatic heterocycles. The second kappa shape index (κ2) is 5.20. The third-order valence-electron chi connectivity index (χ3n) is 2.01. The normalized spacial score (nSPS) is 13.3. The van der Waals surface area contributed by atoms with E-state index in [0.717, 1.165) is 5.69 Å². The van der Waals surface area contributed by atoms with Gasteiger partial charge >= 0.3 is 5.97 Å². The van der Waals surface area contributed by atoms with E-state index in [1.807, 2.05) is 37.3 Å². The van der Waals surface area contributed by atoms with Crippen LogP contribution in [0.4, 0.5) is 5.69 Å². The van der Waals surface area contributed by atoms with Crippen molar-refractivity contribution in [3.05, 3.63) is 42.0 Å². The first-order chi connectivity index (χ1) is 7.09. The minimum absolute atomic E-state index is 0.00324. The van der Waals surface area contributed by atoms with Crippen molar-refractivity contribution in [1.82, 2.24) is 0 Å². The largest absolute Gasteiger partial charge is 0.478 e. The number of carbonyl (C=O) groups is 1. The van der Waals surface area contributed by atoms with Crippen LogP contribution in [-0.2, 0) is 4.79 Å². The third-order valence-corrected chi connectivity index (χ3v) is 2.01. The third kappa shape index (κ3) is 3.85. The van der Waals surface area contributed by atoms with Gasteiger partial charge in [0.25, 0.3) is 0 Å². The number of anilines is 1. The number of benzene rings is 1. The molecule has 1 aromatic carbocycles. The Bertz CT molecular complexity index is 357. The van der Waals surface area contributed by atoms with Crippen LogP contribution < -0.4 is 5.32 Å². The molecular formula is C12H15NO2. The van der Waals surface area contributed by atoms with Crippen molar-refractivity contribution < 1.29 is 9.90 Å². The Labute approximate surface area is 89.4 Å². The van der Waals surface area contributed by atoms with Crippen molar-refractivity contribution >= 4 is 11.7 Å². The van der Waals surface area contributed by atoms with Crippen molar-refractivity contribution in [2.45, 2.75) is 19.9 Å². The first-order valence-electron chi connectivity index (χ1n) is 4.83. The van der Waals surface area contributed by atoms with Crippen LogP contribution in [0.3, 0.4) is 0 Å². The quantitative estimate of drug-likeness (QED) is 0.742. The van der Waals surface area contributed by atoms with Gasteiger partial charge in [-0.05, 0) is 26.0 Å². The zero-order chi connectivity index (χ0) is 11.3. The summed E-state index contributed by atoms with van der Waals surface area (Å²) >= 11 is 0. The van der Waals surface area contributed by atoms with E-state index in [9.17, 15) is 4.79 Å². The van der Waals surface area contributed by atoms with Gasteiger partial charge in [0.2, 0.25) is 0 Å². The van der Waals surface area contributed by atoms with Crippen molar-refractivity contribution in [2.24, 2.45) is 0 Å². The fourth-order valence-electron chi connectivity index (χ4n) is 1.29. The van der Waals surface area contributed by atoms with E-state index in [4.69, 9.17) is 5.11 Å². The van der Waals surface area contributed by atoms with Gasteiger partial charge in [-0.3, -0.25) is 0 Å². The van der Waals surface area contributed by atoms with Crippen LogP contribution in [-0.4, -0.2) is 17.1 Å². The molecule has 2 N–H and O–H groups in total. The summed E-state index contributed by atoms with van der Waals surface area (Å²) < 4.78 is 0. The van der Waals surface area contributed by atoms with Gasteiger partial charge in [0.1, 0.15) is 0 Å². The summed E-state index contributed by atoms with van der Waals surface area (Å²) in [6.07, 6.45) is 1.69. The summed E-state index contributed by atoms with van der Waals surface area (Å²) in [5, 5.41) is 11.9. The van der Waals surface area contributed by atoms with E-state index >= 15 is 0 Å². The number of carboxylic acid groups (broad SMARTS) is 1. The highest BCUT2D eigenvalue weighted by Gasteiger charge is 2.03. The van der Waals surface area contributed by atoms with Crippen molar-refractivity contribution in [3.63, 3.8) is 0 Å².